The van der Waals surface area contributed by atoms with E-state index in [1.807, 2.05) is 0 Å². The molecule has 0 saturated carbocycles. The third-order valence-corrected chi connectivity index (χ3v) is 2.29. The highest BCUT2D eigenvalue weighted by molar-refractivity contribution is 6.26. The van der Waals surface area contributed by atoms with Crippen molar-refractivity contribution in [2.24, 2.45) is 9.98 Å². The Morgan fingerprint density at radius 2 is 2.33 bits per heavy atom. The summed E-state index contributed by atoms with van der Waals surface area (Å²) in [5.41, 5.74) is 0. The van der Waals surface area contributed by atoms with E-state index in [9.17, 15) is 9.59 Å². The average Bonchev–Trinajstić information content (AvgIpc) is 2.52. The molecule has 1 fully saturated rings. The summed E-state index contributed by atoms with van der Waals surface area (Å²) in [5, 5.41) is 0.691. The molecular weight excluding hydrogens is 200 g/mol. The summed E-state index contributed by atoms with van der Waals surface area (Å²) in [5.74, 6) is -0.158. The Morgan fingerprint density at radius 3 is 3.07 bits per heavy atom. The molecule has 76 valence electrons. The first-order chi connectivity index (χ1) is 7.22. The number of aliphatic imine (C=N–C) groups is 2. The standard InChI is InChI=1S/C8H6N4O3/c1-2-3-11-5-4-6(13)12(8(11)14)15-7(9-4)10-5/h2,4H,1,3H2. The molecular formula is C8H6N4O3. The number of hydroxylamine groups is 2. The Hall–Kier alpha value is -2.18. The Labute approximate surface area is 84.3 Å². The van der Waals surface area contributed by atoms with Gasteiger partial charge in [0.05, 0.1) is 0 Å². The van der Waals surface area contributed by atoms with E-state index in [4.69, 9.17) is 4.84 Å². The Kier molecular flexibility index (Phi) is 1.33. The quantitative estimate of drug-likeness (QED) is 0.572. The van der Waals surface area contributed by atoms with E-state index in [1.165, 1.54) is 4.90 Å². The molecule has 0 aliphatic carbocycles. The first kappa shape index (κ1) is 8.16. The van der Waals surface area contributed by atoms with E-state index in [-0.39, 0.29) is 12.6 Å². The number of rotatable bonds is 2. The van der Waals surface area contributed by atoms with Gasteiger partial charge in [-0.15, -0.1) is 6.58 Å². The molecule has 0 aromatic rings. The van der Waals surface area contributed by atoms with Crippen molar-refractivity contribution < 1.29 is 14.4 Å². The molecule has 3 aliphatic heterocycles. The fourth-order valence-corrected chi connectivity index (χ4v) is 1.65. The van der Waals surface area contributed by atoms with E-state index < -0.39 is 18.0 Å². The van der Waals surface area contributed by atoms with Crippen LogP contribution < -0.4 is 0 Å². The van der Waals surface area contributed by atoms with Gasteiger partial charge in [0.25, 0.3) is 5.91 Å². The highest BCUT2D eigenvalue weighted by atomic mass is 16.7. The van der Waals surface area contributed by atoms with E-state index in [0.29, 0.717) is 10.9 Å². The van der Waals surface area contributed by atoms with Crippen molar-refractivity contribution in [3.8, 4) is 0 Å². The lowest BCUT2D eigenvalue weighted by Gasteiger charge is -2.33. The summed E-state index contributed by atoms with van der Waals surface area (Å²) in [6.07, 6.45) is 1.55. The number of amidine groups is 2. The molecule has 3 bridgehead atoms. The van der Waals surface area contributed by atoms with E-state index in [0.717, 1.165) is 0 Å². The van der Waals surface area contributed by atoms with Gasteiger partial charge >= 0.3 is 12.1 Å². The number of nitrogens with zero attached hydrogens (tertiary/aromatic N) is 4. The van der Waals surface area contributed by atoms with Crippen LogP contribution in [0.4, 0.5) is 4.79 Å². The first-order valence-electron chi connectivity index (χ1n) is 4.33. The Bertz CT molecular complexity index is 453. The van der Waals surface area contributed by atoms with Crippen LogP contribution in [0.3, 0.4) is 0 Å². The van der Waals surface area contributed by atoms with Crippen molar-refractivity contribution in [2.75, 3.05) is 6.54 Å². The number of hydrogen-bond acceptors (Lipinski definition) is 5. The minimum absolute atomic E-state index is 0.0644. The zero-order valence-electron chi connectivity index (χ0n) is 7.58. The number of fused-ring (bicyclic) bond motifs is 1. The third kappa shape index (κ3) is 0.841. The highest BCUT2D eigenvalue weighted by Crippen LogP contribution is 2.26. The summed E-state index contributed by atoms with van der Waals surface area (Å²) < 4.78 is 0. The fourth-order valence-electron chi connectivity index (χ4n) is 1.65. The van der Waals surface area contributed by atoms with E-state index in [2.05, 4.69) is 16.6 Å². The van der Waals surface area contributed by atoms with Gasteiger partial charge < -0.3 is 4.84 Å². The van der Waals surface area contributed by atoms with E-state index in [1.54, 1.807) is 6.08 Å². The topological polar surface area (TPSA) is 74.6 Å². The molecule has 1 unspecified atom stereocenters. The van der Waals surface area contributed by atoms with Gasteiger partial charge in [-0.3, -0.25) is 9.69 Å². The minimum atomic E-state index is -0.716. The van der Waals surface area contributed by atoms with Gasteiger partial charge in [0, 0.05) is 6.54 Å². The lowest BCUT2D eigenvalue weighted by molar-refractivity contribution is -0.154. The van der Waals surface area contributed by atoms with Gasteiger partial charge in [-0.25, -0.2) is 9.79 Å². The molecule has 3 heterocycles. The van der Waals surface area contributed by atoms with Crippen molar-refractivity contribution in [2.45, 2.75) is 6.04 Å². The van der Waals surface area contributed by atoms with Gasteiger partial charge in [0.15, 0.2) is 11.9 Å². The zero-order chi connectivity index (χ0) is 10.6. The molecule has 3 rings (SSSR count). The fraction of sp³-hybridized carbons (Fsp3) is 0.250. The number of urea groups is 1. The van der Waals surface area contributed by atoms with Crippen molar-refractivity contribution in [3.05, 3.63) is 12.7 Å². The lowest BCUT2D eigenvalue weighted by Crippen LogP contribution is -2.61. The van der Waals surface area contributed by atoms with Crippen LogP contribution in [0.25, 0.3) is 0 Å². The number of hydrogen-bond donors (Lipinski definition) is 0. The lowest BCUT2D eigenvalue weighted by atomic mass is 10.2. The third-order valence-electron chi connectivity index (χ3n) is 2.29. The van der Waals surface area contributed by atoms with Crippen molar-refractivity contribution >= 4 is 23.8 Å². The van der Waals surface area contributed by atoms with Gasteiger partial charge in [-0.2, -0.15) is 4.99 Å². The predicted molar refractivity (Wildman–Crippen MR) is 48.9 cm³/mol. The molecule has 7 heteroatoms. The molecule has 3 amide bonds. The molecule has 1 atom stereocenters. The highest BCUT2D eigenvalue weighted by Gasteiger charge is 2.52. The number of imide groups is 1. The van der Waals surface area contributed by atoms with Crippen LogP contribution in [0.5, 0.6) is 0 Å². The Morgan fingerprint density at radius 1 is 1.53 bits per heavy atom. The maximum Gasteiger partial charge on any atom is 0.366 e. The molecule has 0 spiro atoms. The molecule has 0 aromatic carbocycles. The summed E-state index contributed by atoms with van der Waals surface area (Å²) >= 11 is 0. The molecule has 0 N–H and O–H groups in total. The summed E-state index contributed by atoms with van der Waals surface area (Å²) in [6, 6.07) is -1.19. The molecule has 3 aliphatic rings. The molecule has 7 nitrogen and oxygen atoms in total. The largest absolute Gasteiger partial charge is 0.366 e. The SMILES string of the molecule is C=CCN1C(=O)N2OC3=NC(C2=O)C1=N3. The van der Waals surface area contributed by atoms with Crippen LogP contribution in [0.2, 0.25) is 0 Å². The smallest absolute Gasteiger partial charge is 0.326 e. The van der Waals surface area contributed by atoms with Crippen LogP contribution in [-0.4, -0.2) is 46.3 Å². The zero-order valence-corrected chi connectivity index (χ0v) is 7.58. The van der Waals surface area contributed by atoms with Gasteiger partial charge in [-0.05, 0) is 0 Å². The number of carbonyl (C=O) groups excluding carboxylic acids is 2. The maximum atomic E-state index is 11.7. The molecule has 15 heavy (non-hydrogen) atoms. The molecule has 0 radical (unpaired) electrons. The number of carbonyl (C=O) groups is 2. The Balaban J connectivity index is 2.09. The van der Waals surface area contributed by atoms with Crippen LogP contribution in [-0.2, 0) is 9.63 Å². The summed E-state index contributed by atoms with van der Waals surface area (Å²) in [4.78, 5) is 37.3. The van der Waals surface area contributed by atoms with Crippen molar-refractivity contribution in [1.29, 1.82) is 0 Å². The monoisotopic (exact) mass is 206 g/mol. The second-order valence-electron chi connectivity index (χ2n) is 3.19. The molecule has 1 saturated heterocycles. The normalized spacial score (nSPS) is 26.5. The summed E-state index contributed by atoms with van der Waals surface area (Å²) in [7, 11) is 0. The average molecular weight is 206 g/mol. The predicted octanol–water partition coefficient (Wildman–Crippen LogP) is -0.482. The van der Waals surface area contributed by atoms with Crippen LogP contribution in [0.15, 0.2) is 22.6 Å². The van der Waals surface area contributed by atoms with E-state index >= 15 is 0 Å². The van der Waals surface area contributed by atoms with Crippen LogP contribution >= 0.6 is 0 Å². The number of amides is 3. The van der Waals surface area contributed by atoms with Gasteiger partial charge in [-0.1, -0.05) is 11.1 Å². The van der Waals surface area contributed by atoms with Crippen molar-refractivity contribution in [1.82, 2.24) is 9.96 Å². The van der Waals surface area contributed by atoms with Crippen molar-refractivity contribution in [3.63, 3.8) is 0 Å². The van der Waals surface area contributed by atoms with Gasteiger partial charge in [0.2, 0.25) is 0 Å². The second kappa shape index (κ2) is 2.44. The minimum Gasteiger partial charge on any atom is -0.326 e. The van der Waals surface area contributed by atoms with Crippen LogP contribution in [0, 0.1) is 0 Å². The maximum absolute atomic E-state index is 11.7. The first-order valence-corrected chi connectivity index (χ1v) is 4.33. The summed E-state index contributed by atoms with van der Waals surface area (Å²) in [6.45, 7) is 3.81. The second-order valence-corrected chi connectivity index (χ2v) is 3.19. The van der Waals surface area contributed by atoms with Crippen LogP contribution in [0.1, 0.15) is 0 Å². The molecule has 0 aromatic heterocycles. The van der Waals surface area contributed by atoms with Gasteiger partial charge in [0.1, 0.15) is 0 Å².